The molecule has 0 aromatic carbocycles. The largest absolute Gasteiger partial charge is 0.392 e. The summed E-state index contributed by atoms with van der Waals surface area (Å²) in [4.78, 5) is 13.3. The van der Waals surface area contributed by atoms with E-state index < -0.39 is 6.10 Å². The Hall–Kier alpha value is -0.130. The van der Waals surface area contributed by atoms with Crippen molar-refractivity contribution in [1.29, 1.82) is 0 Å². The summed E-state index contributed by atoms with van der Waals surface area (Å²) in [7, 11) is 0. The number of β-lactam (4-membered cyclic amide) rings is 1. The van der Waals surface area contributed by atoms with E-state index in [0.29, 0.717) is 0 Å². The van der Waals surface area contributed by atoms with Crippen molar-refractivity contribution in [1.82, 2.24) is 4.90 Å². The van der Waals surface area contributed by atoms with E-state index in [-0.39, 0.29) is 17.2 Å². The molecule has 3 atom stereocenters. The molecule has 0 bridgehead atoms. The van der Waals surface area contributed by atoms with Crippen LogP contribution in [0.2, 0.25) is 0 Å². The molecule has 0 aliphatic carbocycles. The van der Waals surface area contributed by atoms with Crippen LogP contribution in [0.4, 0.5) is 0 Å². The summed E-state index contributed by atoms with van der Waals surface area (Å²) in [6.07, 6.45) is 1.38. The van der Waals surface area contributed by atoms with Gasteiger partial charge in [0.25, 0.3) is 0 Å². The van der Waals surface area contributed by atoms with E-state index in [4.69, 9.17) is 0 Å². The number of hydrogen-bond acceptors (Lipinski definition) is 4. The lowest BCUT2D eigenvalue weighted by atomic mass is 9.93. The summed E-state index contributed by atoms with van der Waals surface area (Å²) in [5, 5.41) is 9.56. The number of aliphatic hydroxyl groups is 1. The highest BCUT2D eigenvalue weighted by Crippen LogP contribution is 2.49. The normalized spacial score (nSPS) is 32.4. The molecule has 2 rings (SSSR count). The molecule has 0 saturated carbocycles. The van der Waals surface area contributed by atoms with E-state index >= 15 is 0 Å². The van der Waals surface area contributed by atoms with Crippen molar-refractivity contribution in [3.63, 3.8) is 0 Å². The summed E-state index contributed by atoms with van der Waals surface area (Å²) in [5.74, 6) is 0.878. The zero-order valence-electron chi connectivity index (χ0n) is 8.14. The molecule has 5 heteroatoms. The third-order valence-electron chi connectivity index (χ3n) is 2.41. The van der Waals surface area contributed by atoms with E-state index in [1.54, 1.807) is 35.3 Å². The van der Waals surface area contributed by atoms with Crippen LogP contribution in [-0.2, 0) is 4.79 Å². The van der Waals surface area contributed by atoms with E-state index in [1.165, 1.54) is 4.24 Å². The third kappa shape index (κ3) is 1.47. The van der Waals surface area contributed by atoms with Crippen molar-refractivity contribution >= 4 is 29.4 Å². The average Bonchev–Trinajstić information content (AvgIpc) is 2.44. The number of hydrogen-bond donors (Lipinski definition) is 1. The van der Waals surface area contributed by atoms with Crippen LogP contribution < -0.4 is 0 Å². The Balaban J connectivity index is 2.03. The van der Waals surface area contributed by atoms with E-state index in [9.17, 15) is 9.90 Å². The minimum atomic E-state index is -0.532. The highest BCUT2D eigenvalue weighted by Gasteiger charge is 2.52. The van der Waals surface area contributed by atoms with Crippen LogP contribution in [0.25, 0.3) is 0 Å². The molecule has 0 aromatic heterocycles. The molecule has 1 amide bonds. The fourth-order valence-electron chi connectivity index (χ4n) is 1.70. The molecule has 0 aromatic rings. The lowest BCUT2D eigenvalue weighted by Gasteiger charge is -2.42. The quantitative estimate of drug-likeness (QED) is 0.746. The summed E-state index contributed by atoms with van der Waals surface area (Å²) >= 11 is 3.45. The van der Waals surface area contributed by atoms with Gasteiger partial charge in [0.15, 0.2) is 0 Å². The summed E-state index contributed by atoms with van der Waals surface area (Å²) in [6, 6.07) is 0. The van der Waals surface area contributed by atoms with Crippen LogP contribution in [0.3, 0.4) is 0 Å². The molecule has 1 N–H and O–H groups in total. The van der Waals surface area contributed by atoms with Crippen molar-refractivity contribution in [2.24, 2.45) is 5.92 Å². The first kappa shape index (κ1) is 10.4. The van der Waals surface area contributed by atoms with Crippen molar-refractivity contribution < 1.29 is 9.90 Å². The molecule has 0 spiro atoms. The van der Waals surface area contributed by atoms with Crippen LogP contribution in [-0.4, -0.2) is 33.1 Å². The predicted molar refractivity (Wildman–Crippen MR) is 59.6 cm³/mol. The van der Waals surface area contributed by atoms with Crippen molar-refractivity contribution in [3.8, 4) is 0 Å². The van der Waals surface area contributed by atoms with Crippen LogP contribution in [0, 0.1) is 5.92 Å². The number of amides is 1. The monoisotopic (exact) mass is 231 g/mol. The molecular formula is C9H13NO2S2. The standard InChI is InChI=1S/C9H13NO2S2/c1-3-13-6-4-10-8(12)7(5(2)11)9(10)14-6/h4-5,7,9,11H,3H2,1-2H3/t5-,7+,9?/m1/s1. The van der Waals surface area contributed by atoms with Gasteiger partial charge in [0.05, 0.1) is 16.3 Å². The third-order valence-corrected chi connectivity index (χ3v) is 4.83. The number of thioether (sulfide) groups is 2. The van der Waals surface area contributed by atoms with Crippen LogP contribution in [0.5, 0.6) is 0 Å². The van der Waals surface area contributed by atoms with Gasteiger partial charge in [-0.05, 0) is 12.7 Å². The summed E-state index contributed by atoms with van der Waals surface area (Å²) in [6.45, 7) is 3.78. The fraction of sp³-hybridized carbons (Fsp3) is 0.667. The van der Waals surface area contributed by atoms with Gasteiger partial charge in [0, 0.05) is 6.20 Å². The van der Waals surface area contributed by atoms with Gasteiger partial charge in [-0.1, -0.05) is 18.7 Å². The number of aliphatic hydroxyl groups excluding tert-OH is 1. The Kier molecular flexibility index (Phi) is 2.81. The molecule has 0 radical (unpaired) electrons. The van der Waals surface area contributed by atoms with Crippen LogP contribution >= 0.6 is 23.5 Å². The highest BCUT2D eigenvalue weighted by atomic mass is 32.2. The van der Waals surface area contributed by atoms with Crippen molar-refractivity contribution in [2.45, 2.75) is 25.3 Å². The van der Waals surface area contributed by atoms with Gasteiger partial charge in [-0.2, -0.15) is 0 Å². The second-order valence-electron chi connectivity index (χ2n) is 3.40. The van der Waals surface area contributed by atoms with Gasteiger partial charge < -0.3 is 10.0 Å². The molecule has 3 nitrogen and oxygen atoms in total. The zero-order valence-corrected chi connectivity index (χ0v) is 9.77. The second kappa shape index (κ2) is 3.79. The van der Waals surface area contributed by atoms with Gasteiger partial charge in [-0.3, -0.25) is 4.79 Å². The number of fused-ring (bicyclic) bond motifs is 1. The number of carbonyl (C=O) groups is 1. The number of carbonyl (C=O) groups excluding carboxylic acids is 1. The zero-order chi connectivity index (χ0) is 10.3. The second-order valence-corrected chi connectivity index (χ2v) is 6.12. The minimum Gasteiger partial charge on any atom is -0.392 e. The predicted octanol–water partition coefficient (Wildman–Crippen LogP) is 1.45. The Morgan fingerprint density at radius 1 is 1.79 bits per heavy atom. The van der Waals surface area contributed by atoms with Gasteiger partial charge in [0.2, 0.25) is 5.91 Å². The molecule has 1 unspecified atom stereocenters. The van der Waals surface area contributed by atoms with Gasteiger partial charge >= 0.3 is 0 Å². The molecule has 2 aliphatic rings. The maximum atomic E-state index is 11.5. The average molecular weight is 231 g/mol. The summed E-state index contributed by atoms with van der Waals surface area (Å²) in [5.41, 5.74) is 0. The van der Waals surface area contributed by atoms with Gasteiger partial charge in [0.1, 0.15) is 5.37 Å². The first-order valence-corrected chi connectivity index (χ1v) is 6.53. The first-order chi connectivity index (χ1) is 6.65. The molecule has 2 heterocycles. The molecule has 1 saturated heterocycles. The molecule has 14 heavy (non-hydrogen) atoms. The van der Waals surface area contributed by atoms with Crippen LogP contribution in [0.1, 0.15) is 13.8 Å². The lowest BCUT2D eigenvalue weighted by molar-refractivity contribution is -0.151. The Bertz CT molecular complexity index is 291. The topological polar surface area (TPSA) is 40.5 Å². The Labute approximate surface area is 91.9 Å². The summed E-state index contributed by atoms with van der Waals surface area (Å²) < 4.78 is 1.19. The molecule has 1 fully saturated rings. The Morgan fingerprint density at radius 2 is 2.50 bits per heavy atom. The fourth-order valence-corrected chi connectivity index (χ4v) is 4.27. The smallest absolute Gasteiger partial charge is 0.236 e. The van der Waals surface area contributed by atoms with Crippen molar-refractivity contribution in [2.75, 3.05) is 5.75 Å². The SMILES string of the molecule is CCSC1=CN2C(=O)[C@H]([C@@H](C)O)C2S1. The highest BCUT2D eigenvalue weighted by molar-refractivity contribution is 8.22. The molecular weight excluding hydrogens is 218 g/mol. The molecule has 2 aliphatic heterocycles. The first-order valence-electron chi connectivity index (χ1n) is 4.66. The Morgan fingerprint density at radius 3 is 3.07 bits per heavy atom. The van der Waals surface area contributed by atoms with Crippen molar-refractivity contribution in [3.05, 3.63) is 10.4 Å². The van der Waals surface area contributed by atoms with Gasteiger partial charge in [-0.25, -0.2) is 0 Å². The van der Waals surface area contributed by atoms with E-state index in [0.717, 1.165) is 5.75 Å². The van der Waals surface area contributed by atoms with E-state index in [1.807, 2.05) is 6.20 Å². The van der Waals surface area contributed by atoms with Gasteiger partial charge in [-0.15, -0.1) is 11.8 Å². The maximum absolute atomic E-state index is 11.5. The van der Waals surface area contributed by atoms with E-state index in [2.05, 4.69) is 6.92 Å². The maximum Gasteiger partial charge on any atom is 0.236 e. The molecule has 78 valence electrons. The minimum absolute atomic E-state index is 0.0594. The lowest BCUT2D eigenvalue weighted by Crippen LogP contribution is -2.58. The number of rotatable bonds is 3. The van der Waals surface area contributed by atoms with Crippen LogP contribution in [0.15, 0.2) is 10.4 Å². The number of nitrogens with zero attached hydrogens (tertiary/aromatic N) is 1.